The van der Waals surface area contributed by atoms with Crippen LogP contribution in [0.2, 0.25) is 0 Å². The molecule has 1 aliphatic rings. The van der Waals surface area contributed by atoms with Crippen molar-refractivity contribution in [3.8, 4) is 5.75 Å². The van der Waals surface area contributed by atoms with Crippen molar-refractivity contribution in [2.75, 3.05) is 32.8 Å². The lowest BCUT2D eigenvalue weighted by molar-refractivity contribution is 0.0626. The lowest BCUT2D eigenvalue weighted by atomic mass is 10.1. The second-order valence-corrected chi connectivity index (χ2v) is 7.47. The number of hydrogen-bond donors (Lipinski definition) is 0. The van der Waals surface area contributed by atoms with E-state index in [-0.39, 0.29) is 5.91 Å². The summed E-state index contributed by atoms with van der Waals surface area (Å²) in [5, 5.41) is 0. The molecule has 0 bridgehead atoms. The predicted octanol–water partition coefficient (Wildman–Crippen LogP) is 3.47. The molecular weight excluding hydrogens is 364 g/mol. The molecule has 0 atom stereocenters. The topological polar surface area (TPSA) is 50.1 Å². The van der Waals surface area contributed by atoms with Crippen LogP contribution in [0.25, 0.3) is 5.65 Å². The van der Waals surface area contributed by atoms with E-state index in [0.717, 1.165) is 69.1 Å². The quantitative estimate of drug-likeness (QED) is 0.578. The summed E-state index contributed by atoms with van der Waals surface area (Å²) in [6.07, 6.45) is 6.14. The Bertz CT molecular complexity index is 943. The van der Waals surface area contributed by atoms with Gasteiger partial charge in [-0.1, -0.05) is 19.4 Å². The third-order valence-corrected chi connectivity index (χ3v) is 5.41. The Morgan fingerprint density at radius 3 is 2.62 bits per heavy atom. The lowest BCUT2D eigenvalue weighted by Gasteiger charge is -2.34. The molecule has 0 radical (unpaired) electrons. The summed E-state index contributed by atoms with van der Waals surface area (Å²) in [6.45, 7) is 6.92. The fraction of sp³-hybridized carbons (Fsp3) is 0.391. The Morgan fingerprint density at radius 2 is 1.86 bits per heavy atom. The summed E-state index contributed by atoms with van der Waals surface area (Å²) in [6, 6.07) is 13.6. The number of aromatic nitrogens is 2. The SMILES string of the molecule is CCCCOc1ccc(C(=O)N2CCN(Cc3cnc4ccccn34)CC2)cc1. The number of ether oxygens (including phenoxy) is 1. The number of amides is 1. The van der Waals surface area contributed by atoms with Crippen molar-refractivity contribution < 1.29 is 9.53 Å². The Labute approximate surface area is 171 Å². The van der Waals surface area contributed by atoms with E-state index in [0.29, 0.717) is 0 Å². The van der Waals surface area contributed by atoms with Crippen molar-refractivity contribution in [3.63, 3.8) is 0 Å². The molecule has 1 fully saturated rings. The van der Waals surface area contributed by atoms with Crippen molar-refractivity contribution in [1.82, 2.24) is 19.2 Å². The zero-order chi connectivity index (χ0) is 20.1. The summed E-state index contributed by atoms with van der Waals surface area (Å²) in [5.41, 5.74) is 2.88. The number of piperazine rings is 1. The molecule has 1 saturated heterocycles. The molecule has 6 heteroatoms. The van der Waals surface area contributed by atoms with Gasteiger partial charge in [0.15, 0.2) is 0 Å². The van der Waals surface area contributed by atoms with E-state index < -0.39 is 0 Å². The fourth-order valence-corrected chi connectivity index (χ4v) is 3.65. The minimum absolute atomic E-state index is 0.0968. The smallest absolute Gasteiger partial charge is 0.253 e. The molecule has 152 valence electrons. The number of carbonyl (C=O) groups is 1. The molecule has 1 amide bonds. The van der Waals surface area contributed by atoms with Gasteiger partial charge in [0.05, 0.1) is 18.5 Å². The van der Waals surface area contributed by atoms with Crippen LogP contribution in [-0.2, 0) is 6.54 Å². The van der Waals surface area contributed by atoms with Crippen molar-refractivity contribution in [2.24, 2.45) is 0 Å². The van der Waals surface area contributed by atoms with Crippen LogP contribution in [0.1, 0.15) is 35.8 Å². The maximum atomic E-state index is 12.8. The molecule has 1 aliphatic heterocycles. The van der Waals surface area contributed by atoms with Gasteiger partial charge in [-0.15, -0.1) is 0 Å². The van der Waals surface area contributed by atoms with Gasteiger partial charge in [0, 0.05) is 44.5 Å². The van der Waals surface area contributed by atoms with E-state index in [4.69, 9.17) is 4.74 Å². The van der Waals surface area contributed by atoms with Crippen molar-refractivity contribution >= 4 is 11.6 Å². The molecule has 0 aliphatic carbocycles. The first kappa shape index (κ1) is 19.5. The first-order valence-electron chi connectivity index (χ1n) is 10.4. The largest absolute Gasteiger partial charge is 0.494 e. The van der Waals surface area contributed by atoms with Gasteiger partial charge in [-0.05, 0) is 42.8 Å². The second kappa shape index (κ2) is 9.09. The highest BCUT2D eigenvalue weighted by Crippen LogP contribution is 2.16. The number of imidazole rings is 1. The molecule has 6 nitrogen and oxygen atoms in total. The van der Waals surface area contributed by atoms with Gasteiger partial charge in [-0.2, -0.15) is 0 Å². The van der Waals surface area contributed by atoms with Crippen molar-refractivity contribution in [1.29, 1.82) is 0 Å². The minimum Gasteiger partial charge on any atom is -0.494 e. The second-order valence-electron chi connectivity index (χ2n) is 7.47. The number of nitrogens with zero attached hydrogens (tertiary/aromatic N) is 4. The molecule has 29 heavy (non-hydrogen) atoms. The molecule has 0 saturated carbocycles. The highest BCUT2D eigenvalue weighted by Gasteiger charge is 2.22. The average Bonchev–Trinajstić information content (AvgIpc) is 3.17. The number of unbranched alkanes of at least 4 members (excludes halogenated alkanes) is 1. The van der Waals surface area contributed by atoms with E-state index in [1.165, 1.54) is 5.69 Å². The summed E-state index contributed by atoms with van der Waals surface area (Å²) >= 11 is 0. The van der Waals surface area contributed by atoms with Gasteiger partial charge in [0.25, 0.3) is 5.91 Å². The maximum Gasteiger partial charge on any atom is 0.253 e. The first-order chi connectivity index (χ1) is 14.2. The van der Waals surface area contributed by atoms with Crippen LogP contribution in [-0.4, -0.2) is 57.9 Å². The standard InChI is InChI=1S/C23H28N4O2/c1-2-3-16-29-21-9-7-19(8-10-21)23(28)26-14-12-25(13-15-26)18-20-17-24-22-6-4-5-11-27(20)22/h4-11,17H,2-3,12-16,18H2,1H3. The third-order valence-electron chi connectivity index (χ3n) is 5.41. The zero-order valence-corrected chi connectivity index (χ0v) is 17.0. The highest BCUT2D eigenvalue weighted by atomic mass is 16.5. The lowest BCUT2D eigenvalue weighted by Crippen LogP contribution is -2.48. The fourth-order valence-electron chi connectivity index (χ4n) is 3.65. The monoisotopic (exact) mass is 392 g/mol. The molecular formula is C23H28N4O2. The van der Waals surface area contributed by atoms with Gasteiger partial charge in [-0.25, -0.2) is 4.98 Å². The van der Waals surface area contributed by atoms with Crippen LogP contribution in [0.5, 0.6) is 5.75 Å². The molecule has 2 aromatic heterocycles. The van der Waals surface area contributed by atoms with Crippen LogP contribution in [0.15, 0.2) is 54.9 Å². The molecule has 1 aromatic carbocycles. The summed E-state index contributed by atoms with van der Waals surface area (Å²) in [4.78, 5) is 21.6. The molecule has 0 N–H and O–H groups in total. The van der Waals surface area contributed by atoms with E-state index in [2.05, 4.69) is 21.2 Å². The Morgan fingerprint density at radius 1 is 1.07 bits per heavy atom. The van der Waals surface area contributed by atoms with Crippen LogP contribution in [0, 0.1) is 0 Å². The van der Waals surface area contributed by atoms with E-state index in [1.54, 1.807) is 0 Å². The Balaban J connectivity index is 1.30. The van der Waals surface area contributed by atoms with E-state index >= 15 is 0 Å². The molecule has 0 spiro atoms. The van der Waals surface area contributed by atoms with Gasteiger partial charge >= 0.3 is 0 Å². The third kappa shape index (κ3) is 4.59. The van der Waals surface area contributed by atoms with Crippen LogP contribution < -0.4 is 4.74 Å². The van der Waals surface area contributed by atoms with Crippen molar-refractivity contribution in [2.45, 2.75) is 26.3 Å². The van der Waals surface area contributed by atoms with Crippen LogP contribution in [0.4, 0.5) is 0 Å². The predicted molar refractivity (Wildman–Crippen MR) is 113 cm³/mol. The van der Waals surface area contributed by atoms with Gasteiger partial charge in [0.1, 0.15) is 11.4 Å². The number of rotatable bonds is 7. The Hall–Kier alpha value is -2.86. The van der Waals surface area contributed by atoms with Gasteiger partial charge in [-0.3, -0.25) is 9.69 Å². The summed E-state index contributed by atoms with van der Waals surface area (Å²) < 4.78 is 7.81. The molecule has 4 rings (SSSR count). The number of carbonyl (C=O) groups excluding carboxylic acids is 1. The van der Waals surface area contributed by atoms with Gasteiger partial charge in [0.2, 0.25) is 0 Å². The van der Waals surface area contributed by atoms with Gasteiger partial charge < -0.3 is 14.0 Å². The summed E-state index contributed by atoms with van der Waals surface area (Å²) in [7, 11) is 0. The number of fused-ring (bicyclic) bond motifs is 1. The maximum absolute atomic E-state index is 12.8. The molecule has 3 heterocycles. The van der Waals surface area contributed by atoms with Crippen LogP contribution >= 0.6 is 0 Å². The van der Waals surface area contributed by atoms with E-state index in [9.17, 15) is 4.79 Å². The highest BCUT2D eigenvalue weighted by molar-refractivity contribution is 5.94. The minimum atomic E-state index is 0.0968. The summed E-state index contributed by atoms with van der Waals surface area (Å²) in [5.74, 6) is 0.924. The first-order valence-corrected chi connectivity index (χ1v) is 10.4. The zero-order valence-electron chi connectivity index (χ0n) is 17.0. The molecule has 3 aromatic rings. The average molecular weight is 393 g/mol. The van der Waals surface area contributed by atoms with Crippen LogP contribution in [0.3, 0.4) is 0 Å². The number of benzene rings is 1. The Kier molecular flexibility index (Phi) is 6.10. The van der Waals surface area contributed by atoms with Crippen molar-refractivity contribution in [3.05, 3.63) is 66.1 Å². The number of hydrogen-bond acceptors (Lipinski definition) is 4. The normalized spacial score (nSPS) is 15.0. The van der Waals surface area contributed by atoms with E-state index in [1.807, 2.05) is 59.8 Å². The number of pyridine rings is 1. The molecule has 0 unspecified atom stereocenters.